The number of H-pyrrole nitrogens is 1. The number of aryl methyl sites for hydroxylation is 2. The molecule has 0 aliphatic carbocycles. The summed E-state index contributed by atoms with van der Waals surface area (Å²) in [5, 5.41) is 21.7. The van der Waals surface area contributed by atoms with Crippen molar-refractivity contribution in [1.82, 2.24) is 49.8 Å². The molecule has 6 rings (SSSR count). The van der Waals surface area contributed by atoms with Crippen LogP contribution in [0.2, 0.25) is 0 Å². The summed E-state index contributed by atoms with van der Waals surface area (Å²) < 4.78 is 1.94. The van der Waals surface area contributed by atoms with Gasteiger partial charge in [-0.15, -0.1) is 20.4 Å². The van der Waals surface area contributed by atoms with E-state index in [-0.39, 0.29) is 0 Å². The van der Waals surface area contributed by atoms with E-state index in [0.717, 1.165) is 63.4 Å². The molecule has 10 heteroatoms. The maximum atomic E-state index is 4.40. The topological polar surface area (TPSA) is 96.6 Å². The number of nitrogens with one attached hydrogen (secondary N) is 1. The Bertz CT molecular complexity index is 1430. The van der Waals surface area contributed by atoms with E-state index in [1.54, 1.807) is 19.7 Å². The number of aromatic amines is 1. The third-order valence-corrected chi connectivity index (χ3v) is 7.01. The molecular weight excluding hydrogens is 452 g/mol. The molecule has 2 aromatic carbocycles. The lowest BCUT2D eigenvalue weighted by molar-refractivity contribution is 0.126. The lowest BCUT2D eigenvalue weighted by Crippen LogP contribution is -2.46. The molecule has 10 nitrogen and oxygen atoms in total. The highest BCUT2D eigenvalue weighted by Gasteiger charge is 2.19. The SMILES string of the molecule is Cn1nnc(-c2ccccc2CN2CCN(CCCc3c[nH]c4ccc(-n5cnnc5)cc34)CC2)n1. The van der Waals surface area contributed by atoms with E-state index in [0.29, 0.717) is 5.82 Å². The van der Waals surface area contributed by atoms with E-state index in [9.17, 15) is 0 Å². The third-order valence-electron chi connectivity index (χ3n) is 7.01. The minimum absolute atomic E-state index is 0.692. The van der Waals surface area contributed by atoms with Crippen molar-refractivity contribution in [1.29, 1.82) is 0 Å². The molecule has 184 valence electrons. The fourth-order valence-electron chi connectivity index (χ4n) is 5.04. The number of aromatic nitrogens is 8. The molecule has 0 unspecified atom stereocenters. The Labute approximate surface area is 209 Å². The van der Waals surface area contributed by atoms with E-state index in [1.807, 2.05) is 10.6 Å². The second kappa shape index (κ2) is 10.00. The predicted octanol–water partition coefficient (Wildman–Crippen LogP) is 2.69. The quantitative estimate of drug-likeness (QED) is 0.363. The van der Waals surface area contributed by atoms with Gasteiger partial charge in [0.05, 0.1) is 7.05 Å². The maximum Gasteiger partial charge on any atom is 0.205 e. The molecule has 1 aliphatic heterocycles. The van der Waals surface area contributed by atoms with Crippen molar-refractivity contribution in [2.24, 2.45) is 7.05 Å². The van der Waals surface area contributed by atoms with Crippen molar-refractivity contribution in [3.8, 4) is 17.1 Å². The van der Waals surface area contributed by atoms with Crippen LogP contribution < -0.4 is 0 Å². The molecule has 0 radical (unpaired) electrons. The third kappa shape index (κ3) is 4.77. The zero-order valence-corrected chi connectivity index (χ0v) is 20.5. The first-order chi connectivity index (χ1) is 17.7. The van der Waals surface area contributed by atoms with Crippen molar-refractivity contribution >= 4 is 10.9 Å². The maximum absolute atomic E-state index is 4.40. The monoisotopic (exact) mass is 482 g/mol. The number of nitrogens with zero attached hydrogens (tertiary/aromatic N) is 9. The summed E-state index contributed by atoms with van der Waals surface area (Å²) >= 11 is 0. The van der Waals surface area contributed by atoms with Crippen LogP contribution in [0.1, 0.15) is 17.5 Å². The number of rotatable bonds is 8. The van der Waals surface area contributed by atoms with Gasteiger partial charge in [0.15, 0.2) is 0 Å². The number of hydrogen-bond acceptors (Lipinski definition) is 7. The Kier molecular flexibility index (Phi) is 6.27. The Morgan fingerprint density at radius 2 is 1.72 bits per heavy atom. The van der Waals surface area contributed by atoms with E-state index in [4.69, 9.17) is 0 Å². The summed E-state index contributed by atoms with van der Waals surface area (Å²) in [6.07, 6.45) is 7.83. The van der Waals surface area contributed by atoms with Gasteiger partial charge in [-0.1, -0.05) is 24.3 Å². The van der Waals surface area contributed by atoms with Crippen molar-refractivity contribution < 1.29 is 0 Å². The molecular formula is C26H30N10. The summed E-state index contributed by atoms with van der Waals surface area (Å²) in [4.78, 5) is 10.0. The van der Waals surface area contributed by atoms with E-state index in [1.165, 1.54) is 26.8 Å². The zero-order valence-electron chi connectivity index (χ0n) is 20.5. The van der Waals surface area contributed by atoms with Crippen LogP contribution in [-0.4, -0.2) is 82.5 Å². The number of fused-ring (bicyclic) bond motifs is 1. The van der Waals surface area contributed by atoms with Crippen LogP contribution in [0.4, 0.5) is 0 Å². The molecule has 0 bridgehead atoms. The van der Waals surface area contributed by atoms with Gasteiger partial charge in [-0.05, 0) is 53.9 Å². The molecule has 1 aliphatic rings. The van der Waals surface area contributed by atoms with Crippen molar-refractivity contribution in [2.75, 3.05) is 32.7 Å². The number of tetrazole rings is 1. The summed E-state index contributed by atoms with van der Waals surface area (Å²) in [5.41, 5.74) is 5.95. The molecule has 3 aromatic heterocycles. The molecule has 0 atom stereocenters. The first-order valence-corrected chi connectivity index (χ1v) is 12.4. The average Bonchev–Trinajstić information content (AvgIpc) is 3.67. The van der Waals surface area contributed by atoms with Gasteiger partial charge in [0.25, 0.3) is 0 Å². The smallest absolute Gasteiger partial charge is 0.205 e. The minimum atomic E-state index is 0.692. The highest BCUT2D eigenvalue weighted by atomic mass is 15.6. The molecule has 1 saturated heterocycles. The lowest BCUT2D eigenvalue weighted by atomic mass is 10.1. The largest absolute Gasteiger partial charge is 0.361 e. The molecule has 36 heavy (non-hydrogen) atoms. The van der Waals surface area contributed by atoms with Gasteiger partial charge in [-0.25, -0.2) is 0 Å². The molecule has 0 amide bonds. The number of piperazine rings is 1. The Morgan fingerprint density at radius 1 is 0.917 bits per heavy atom. The fourth-order valence-corrected chi connectivity index (χ4v) is 5.04. The minimum Gasteiger partial charge on any atom is -0.361 e. The van der Waals surface area contributed by atoms with E-state index in [2.05, 4.69) is 83.0 Å². The second-order valence-corrected chi connectivity index (χ2v) is 9.39. The Hall–Kier alpha value is -3.89. The standard InChI is InChI=1S/C26H30N10/c1-33-31-26(30-32-33)23-7-3-2-5-21(23)17-35-13-11-34(12-14-35)10-4-6-20-16-27-25-9-8-22(15-24(20)25)36-18-28-29-19-36/h2-3,5,7-9,15-16,18-19,27H,4,6,10-14,17H2,1H3. The van der Waals surface area contributed by atoms with Crippen LogP contribution in [0, 0.1) is 0 Å². The van der Waals surface area contributed by atoms with Crippen LogP contribution in [0.15, 0.2) is 61.3 Å². The summed E-state index contributed by atoms with van der Waals surface area (Å²) in [7, 11) is 1.80. The van der Waals surface area contributed by atoms with Gasteiger partial charge in [-0.3, -0.25) is 9.47 Å². The predicted molar refractivity (Wildman–Crippen MR) is 137 cm³/mol. The molecule has 0 spiro atoms. The summed E-state index contributed by atoms with van der Waals surface area (Å²) in [5.74, 6) is 0.692. The highest BCUT2D eigenvalue weighted by Crippen LogP contribution is 2.24. The summed E-state index contributed by atoms with van der Waals surface area (Å²) in [6, 6.07) is 14.8. The molecule has 5 aromatic rings. The van der Waals surface area contributed by atoms with Crippen molar-refractivity contribution in [3.63, 3.8) is 0 Å². The summed E-state index contributed by atoms with van der Waals surface area (Å²) in [6.45, 7) is 6.35. The Balaban J connectivity index is 1.02. The van der Waals surface area contributed by atoms with Gasteiger partial charge in [0.1, 0.15) is 12.7 Å². The van der Waals surface area contributed by atoms with Gasteiger partial charge in [0, 0.05) is 61.1 Å². The van der Waals surface area contributed by atoms with Crippen LogP contribution in [-0.2, 0) is 20.0 Å². The van der Waals surface area contributed by atoms with Crippen LogP contribution in [0.25, 0.3) is 28.0 Å². The van der Waals surface area contributed by atoms with Gasteiger partial charge in [-0.2, -0.15) is 4.80 Å². The molecule has 1 fully saturated rings. The van der Waals surface area contributed by atoms with Crippen LogP contribution >= 0.6 is 0 Å². The number of benzene rings is 2. The number of hydrogen-bond donors (Lipinski definition) is 1. The van der Waals surface area contributed by atoms with Gasteiger partial charge >= 0.3 is 0 Å². The first kappa shape index (κ1) is 22.6. The molecule has 0 saturated carbocycles. The highest BCUT2D eigenvalue weighted by molar-refractivity contribution is 5.85. The zero-order chi connectivity index (χ0) is 24.3. The van der Waals surface area contributed by atoms with E-state index >= 15 is 0 Å². The van der Waals surface area contributed by atoms with Crippen molar-refractivity contribution in [3.05, 3.63) is 72.4 Å². The first-order valence-electron chi connectivity index (χ1n) is 12.4. The second-order valence-electron chi connectivity index (χ2n) is 9.39. The Morgan fingerprint density at radius 3 is 2.53 bits per heavy atom. The lowest BCUT2D eigenvalue weighted by Gasteiger charge is -2.35. The van der Waals surface area contributed by atoms with Crippen LogP contribution in [0.3, 0.4) is 0 Å². The van der Waals surface area contributed by atoms with E-state index < -0.39 is 0 Å². The fraction of sp³-hybridized carbons (Fsp3) is 0.346. The normalized spacial score (nSPS) is 15.1. The van der Waals surface area contributed by atoms with Crippen LogP contribution in [0.5, 0.6) is 0 Å². The van der Waals surface area contributed by atoms with Gasteiger partial charge < -0.3 is 9.88 Å². The molecule has 4 heterocycles. The molecule has 1 N–H and O–H groups in total. The van der Waals surface area contributed by atoms with Crippen molar-refractivity contribution in [2.45, 2.75) is 19.4 Å². The van der Waals surface area contributed by atoms with Gasteiger partial charge in [0.2, 0.25) is 5.82 Å². The average molecular weight is 483 g/mol.